The van der Waals surface area contributed by atoms with Gasteiger partial charge in [-0.15, -0.1) is 0 Å². The summed E-state index contributed by atoms with van der Waals surface area (Å²) >= 11 is 0. The van der Waals surface area contributed by atoms with Gasteiger partial charge >= 0.3 is 0 Å². The molecule has 3 aromatic rings. The van der Waals surface area contributed by atoms with Gasteiger partial charge in [0.1, 0.15) is 17.2 Å². The molecule has 1 spiro atoms. The van der Waals surface area contributed by atoms with Crippen LogP contribution in [0.4, 0.5) is 11.4 Å². The predicted molar refractivity (Wildman–Crippen MR) is 171 cm³/mol. The van der Waals surface area contributed by atoms with Gasteiger partial charge in [-0.1, -0.05) is 95.2 Å². The average molecular weight is 577 g/mol. The number of nitrogens with zero attached hydrogens (tertiary/aromatic N) is 1. The number of aryl methyl sites for hydroxylation is 1. The molecule has 1 amide bonds. The minimum Gasteiger partial charge on any atom is -0.497 e. The summed E-state index contributed by atoms with van der Waals surface area (Å²) in [7, 11) is 1.62. The number of benzene rings is 3. The first-order valence-electron chi connectivity index (χ1n) is 15.4. The van der Waals surface area contributed by atoms with Crippen molar-refractivity contribution in [2.45, 2.75) is 70.9 Å². The summed E-state index contributed by atoms with van der Waals surface area (Å²) in [5, 5.41) is 3.09. The predicted octanol–water partition coefficient (Wildman–Crippen LogP) is 7.02. The lowest BCUT2D eigenvalue weighted by molar-refractivity contribution is -0.128. The van der Waals surface area contributed by atoms with E-state index in [4.69, 9.17) is 4.74 Å². The molecule has 4 atom stereocenters. The fraction of sp³-hybridized carbons (Fsp3) is 0.378. The molecule has 1 fully saturated rings. The molecule has 1 saturated heterocycles. The summed E-state index contributed by atoms with van der Waals surface area (Å²) in [6.07, 6.45) is 8.35. The standard InChI is InChI=1S/C37H40N2O4/c1-6-7-8-11-23-14-16-24(17-15-23)33(40)31-32(34(41)36(2,3)4)39-29-20-19-26(43-5)22-25(29)18-21-30(39)37(31)27-12-9-10-13-28(27)38-35(37)42/h9-10,12-22,30-32H,6-8,11H2,1-5H3,(H,38,42). The van der Waals surface area contributed by atoms with E-state index in [2.05, 4.69) is 12.2 Å². The van der Waals surface area contributed by atoms with Crippen LogP contribution in [0.25, 0.3) is 6.08 Å². The molecule has 0 radical (unpaired) electrons. The SMILES string of the molecule is CCCCCc1ccc(C(=O)C2C(C(=O)C(C)(C)C)N3c4ccc(OC)cc4C=CC3C23C(=O)Nc2ccccc23)cc1. The molecule has 4 unspecified atom stereocenters. The van der Waals surface area contributed by atoms with E-state index in [1.54, 1.807) is 7.11 Å². The summed E-state index contributed by atoms with van der Waals surface area (Å²) in [6, 6.07) is 19.7. The fourth-order valence-electron chi connectivity index (χ4n) is 7.32. The van der Waals surface area contributed by atoms with Crippen LogP contribution < -0.4 is 15.0 Å². The van der Waals surface area contributed by atoms with E-state index in [1.165, 1.54) is 5.56 Å². The van der Waals surface area contributed by atoms with E-state index >= 15 is 0 Å². The maximum Gasteiger partial charge on any atom is 0.238 e. The molecule has 6 nitrogen and oxygen atoms in total. The van der Waals surface area contributed by atoms with Crippen molar-refractivity contribution in [1.82, 2.24) is 0 Å². The zero-order valence-corrected chi connectivity index (χ0v) is 25.6. The number of methoxy groups -OCH3 is 1. The number of carbonyl (C=O) groups excluding carboxylic acids is 3. The van der Waals surface area contributed by atoms with E-state index in [0.717, 1.165) is 42.5 Å². The summed E-state index contributed by atoms with van der Waals surface area (Å²) < 4.78 is 5.50. The van der Waals surface area contributed by atoms with Gasteiger partial charge in [0.25, 0.3) is 0 Å². The summed E-state index contributed by atoms with van der Waals surface area (Å²) in [6.45, 7) is 7.85. The highest BCUT2D eigenvalue weighted by Crippen LogP contribution is 2.58. The number of amides is 1. The first-order valence-corrected chi connectivity index (χ1v) is 15.4. The van der Waals surface area contributed by atoms with Gasteiger partial charge in [-0.3, -0.25) is 14.4 Å². The molecule has 3 aliphatic rings. The molecule has 3 heterocycles. The summed E-state index contributed by atoms with van der Waals surface area (Å²) in [4.78, 5) is 46.0. The summed E-state index contributed by atoms with van der Waals surface area (Å²) in [5.74, 6) is -0.753. The Morgan fingerprint density at radius 2 is 1.74 bits per heavy atom. The van der Waals surface area contributed by atoms with Crippen LogP contribution in [0.15, 0.2) is 72.8 Å². The van der Waals surface area contributed by atoms with Crippen molar-refractivity contribution in [2.75, 3.05) is 17.3 Å². The number of anilines is 2. The van der Waals surface area contributed by atoms with Gasteiger partial charge in [0.15, 0.2) is 11.6 Å². The molecule has 3 aromatic carbocycles. The third kappa shape index (κ3) is 4.50. The van der Waals surface area contributed by atoms with Crippen molar-refractivity contribution in [3.05, 3.63) is 95.1 Å². The van der Waals surface area contributed by atoms with Crippen LogP contribution in [0.1, 0.15) is 74.0 Å². The molecule has 3 aliphatic heterocycles. The van der Waals surface area contributed by atoms with Crippen LogP contribution in [-0.4, -0.2) is 36.7 Å². The second-order valence-corrected chi connectivity index (χ2v) is 13.1. The Hall–Kier alpha value is -4.19. The van der Waals surface area contributed by atoms with Crippen molar-refractivity contribution in [1.29, 1.82) is 0 Å². The van der Waals surface area contributed by atoms with Crippen LogP contribution in [0.2, 0.25) is 0 Å². The average Bonchev–Trinajstić information content (AvgIpc) is 3.48. The normalized spacial score (nSPS) is 23.5. The van der Waals surface area contributed by atoms with Crippen molar-refractivity contribution in [3.8, 4) is 5.75 Å². The number of nitrogens with one attached hydrogen (secondary N) is 1. The highest BCUT2D eigenvalue weighted by Gasteiger charge is 2.70. The van der Waals surface area contributed by atoms with Gasteiger partial charge in [0.2, 0.25) is 5.91 Å². The highest BCUT2D eigenvalue weighted by atomic mass is 16.5. The Labute approximate surface area is 254 Å². The van der Waals surface area contributed by atoms with Crippen molar-refractivity contribution in [2.24, 2.45) is 11.3 Å². The van der Waals surface area contributed by atoms with Crippen molar-refractivity contribution in [3.63, 3.8) is 0 Å². The molecule has 0 aliphatic carbocycles. The van der Waals surface area contributed by atoms with Crippen LogP contribution >= 0.6 is 0 Å². The number of hydrogen-bond acceptors (Lipinski definition) is 5. The Morgan fingerprint density at radius 1 is 1.00 bits per heavy atom. The molecule has 43 heavy (non-hydrogen) atoms. The van der Waals surface area contributed by atoms with Gasteiger partial charge in [-0.2, -0.15) is 0 Å². The second-order valence-electron chi connectivity index (χ2n) is 13.1. The number of unbranched alkanes of at least 4 members (excludes halogenated alkanes) is 2. The van der Waals surface area contributed by atoms with Gasteiger partial charge in [0, 0.05) is 27.9 Å². The molecule has 0 bridgehead atoms. The first-order chi connectivity index (χ1) is 20.6. The van der Waals surface area contributed by atoms with E-state index in [-0.39, 0.29) is 17.5 Å². The Balaban J connectivity index is 1.57. The van der Waals surface area contributed by atoms with E-state index in [1.807, 2.05) is 105 Å². The number of Topliss-reactive ketones (excluding diaryl/α,β-unsaturated/α-hetero) is 2. The lowest BCUT2D eigenvalue weighted by atomic mass is 9.63. The fourth-order valence-corrected chi connectivity index (χ4v) is 7.32. The quantitative estimate of drug-likeness (QED) is 0.231. The van der Waals surface area contributed by atoms with Crippen LogP contribution in [0.5, 0.6) is 5.75 Å². The van der Waals surface area contributed by atoms with Gasteiger partial charge < -0.3 is 15.0 Å². The third-order valence-electron chi connectivity index (χ3n) is 9.44. The number of para-hydroxylation sites is 1. The van der Waals surface area contributed by atoms with Crippen LogP contribution in [0.3, 0.4) is 0 Å². The lowest BCUT2D eigenvalue weighted by Crippen LogP contribution is -2.51. The molecule has 1 N–H and O–H groups in total. The molecular formula is C37H40N2O4. The molecule has 6 heteroatoms. The maximum atomic E-state index is 14.9. The number of ether oxygens (including phenoxy) is 1. The molecule has 0 saturated carbocycles. The van der Waals surface area contributed by atoms with Gasteiger partial charge in [-0.05, 0) is 48.2 Å². The van der Waals surface area contributed by atoms with Crippen LogP contribution in [0, 0.1) is 11.3 Å². The zero-order chi connectivity index (χ0) is 30.5. The lowest BCUT2D eigenvalue weighted by Gasteiger charge is -2.38. The van der Waals surface area contributed by atoms with Crippen molar-refractivity contribution >= 4 is 34.9 Å². The van der Waals surface area contributed by atoms with E-state index < -0.39 is 28.8 Å². The number of hydrogen-bond donors (Lipinski definition) is 1. The number of carbonyl (C=O) groups is 3. The second kappa shape index (κ2) is 10.8. The molecular weight excluding hydrogens is 536 g/mol. The third-order valence-corrected chi connectivity index (χ3v) is 9.44. The first kappa shape index (κ1) is 28.9. The van der Waals surface area contributed by atoms with E-state index in [0.29, 0.717) is 17.0 Å². The Kier molecular flexibility index (Phi) is 7.27. The minimum atomic E-state index is -1.30. The number of ketones is 2. The topological polar surface area (TPSA) is 75.7 Å². The minimum absolute atomic E-state index is 0.0711. The van der Waals surface area contributed by atoms with Gasteiger partial charge in [-0.25, -0.2) is 0 Å². The summed E-state index contributed by atoms with van der Waals surface area (Å²) in [5.41, 5.74) is 2.79. The molecule has 6 rings (SSSR count). The van der Waals surface area contributed by atoms with Crippen LogP contribution in [-0.2, 0) is 21.4 Å². The highest BCUT2D eigenvalue weighted by molar-refractivity contribution is 6.17. The Bertz CT molecular complexity index is 1620. The molecule has 222 valence electrons. The monoisotopic (exact) mass is 576 g/mol. The Morgan fingerprint density at radius 3 is 2.44 bits per heavy atom. The van der Waals surface area contributed by atoms with E-state index in [9.17, 15) is 14.4 Å². The number of fused-ring (bicyclic) bond motifs is 6. The number of rotatable bonds is 8. The maximum absolute atomic E-state index is 14.9. The van der Waals surface area contributed by atoms with Gasteiger partial charge in [0.05, 0.1) is 19.1 Å². The smallest absolute Gasteiger partial charge is 0.238 e. The largest absolute Gasteiger partial charge is 0.497 e. The zero-order valence-electron chi connectivity index (χ0n) is 25.6. The van der Waals surface area contributed by atoms with Crippen molar-refractivity contribution < 1.29 is 19.1 Å². The molecule has 0 aromatic heterocycles.